The van der Waals surface area contributed by atoms with Gasteiger partial charge in [-0.2, -0.15) is 0 Å². The van der Waals surface area contributed by atoms with Gasteiger partial charge in [-0.25, -0.2) is 0 Å². The van der Waals surface area contributed by atoms with Crippen LogP contribution in [-0.4, -0.2) is 0 Å². The van der Waals surface area contributed by atoms with E-state index in [9.17, 15) is 0 Å². The predicted octanol–water partition coefficient (Wildman–Crippen LogP) is 5.02. The standard InChI is InChI=1S/C16H26/c1-12-8-9-14(13(2)10-12)16(6,7)11-15(3,4)5/h8-10H,11H2,1-7H3. The average molecular weight is 218 g/mol. The summed E-state index contributed by atoms with van der Waals surface area (Å²) in [5.74, 6) is 0. The van der Waals surface area contributed by atoms with Crippen LogP contribution < -0.4 is 0 Å². The summed E-state index contributed by atoms with van der Waals surface area (Å²) in [6, 6.07) is 6.82. The molecule has 0 aromatic heterocycles. The Kier molecular flexibility index (Phi) is 3.52. The van der Waals surface area contributed by atoms with Crippen LogP contribution in [0.3, 0.4) is 0 Å². The quantitative estimate of drug-likeness (QED) is 0.654. The van der Waals surface area contributed by atoms with Crippen LogP contribution in [-0.2, 0) is 5.41 Å². The van der Waals surface area contributed by atoms with E-state index in [1.165, 1.54) is 23.1 Å². The van der Waals surface area contributed by atoms with Gasteiger partial charge in [0.25, 0.3) is 0 Å². The number of hydrogen-bond acceptors (Lipinski definition) is 0. The van der Waals surface area contributed by atoms with Crippen molar-refractivity contribution in [2.45, 2.75) is 60.3 Å². The summed E-state index contributed by atoms with van der Waals surface area (Å²) in [5.41, 5.74) is 4.91. The molecule has 0 aliphatic rings. The van der Waals surface area contributed by atoms with E-state index in [1.807, 2.05) is 0 Å². The summed E-state index contributed by atoms with van der Waals surface area (Å²) in [6.07, 6.45) is 1.21. The Morgan fingerprint density at radius 2 is 1.50 bits per heavy atom. The number of rotatable bonds is 2. The third-order valence-electron chi connectivity index (χ3n) is 3.08. The Balaban J connectivity index is 3.07. The molecule has 1 aromatic carbocycles. The van der Waals surface area contributed by atoms with Crippen molar-refractivity contribution in [3.63, 3.8) is 0 Å². The van der Waals surface area contributed by atoms with Gasteiger partial charge in [0.05, 0.1) is 0 Å². The lowest BCUT2D eigenvalue weighted by Gasteiger charge is -2.34. The highest BCUT2D eigenvalue weighted by molar-refractivity contribution is 5.35. The second kappa shape index (κ2) is 4.24. The topological polar surface area (TPSA) is 0 Å². The van der Waals surface area contributed by atoms with Crippen molar-refractivity contribution >= 4 is 0 Å². The molecule has 0 spiro atoms. The van der Waals surface area contributed by atoms with E-state index in [0.717, 1.165) is 0 Å². The highest BCUT2D eigenvalue weighted by Crippen LogP contribution is 2.37. The maximum Gasteiger partial charge on any atom is -0.00960 e. The van der Waals surface area contributed by atoms with Crippen molar-refractivity contribution in [2.75, 3.05) is 0 Å². The molecule has 0 bridgehead atoms. The first-order valence-corrected chi connectivity index (χ1v) is 6.20. The lowest BCUT2D eigenvalue weighted by atomic mass is 9.71. The van der Waals surface area contributed by atoms with E-state index in [2.05, 4.69) is 66.7 Å². The molecule has 0 N–H and O–H groups in total. The van der Waals surface area contributed by atoms with Crippen LogP contribution in [0.5, 0.6) is 0 Å². The molecule has 0 fully saturated rings. The maximum absolute atomic E-state index is 2.36. The van der Waals surface area contributed by atoms with Gasteiger partial charge in [-0.3, -0.25) is 0 Å². The van der Waals surface area contributed by atoms with Crippen LogP contribution >= 0.6 is 0 Å². The Hall–Kier alpha value is -0.780. The molecular formula is C16H26. The van der Waals surface area contributed by atoms with Crippen LogP contribution in [0.4, 0.5) is 0 Å². The molecule has 0 unspecified atom stereocenters. The smallest absolute Gasteiger partial charge is 0.00960 e. The van der Waals surface area contributed by atoms with Gasteiger partial charge in [-0.15, -0.1) is 0 Å². The zero-order valence-corrected chi connectivity index (χ0v) is 11.9. The highest BCUT2D eigenvalue weighted by Gasteiger charge is 2.28. The third-order valence-corrected chi connectivity index (χ3v) is 3.08. The molecule has 0 nitrogen and oxygen atoms in total. The molecular weight excluding hydrogens is 192 g/mol. The minimum absolute atomic E-state index is 0.260. The Bertz CT molecular complexity index is 364. The van der Waals surface area contributed by atoms with Crippen LogP contribution in [0.15, 0.2) is 18.2 Å². The lowest BCUT2D eigenvalue weighted by Crippen LogP contribution is -2.25. The van der Waals surface area contributed by atoms with E-state index in [0.29, 0.717) is 5.41 Å². The highest BCUT2D eigenvalue weighted by atomic mass is 14.3. The molecule has 16 heavy (non-hydrogen) atoms. The van der Waals surface area contributed by atoms with Crippen molar-refractivity contribution < 1.29 is 0 Å². The largest absolute Gasteiger partial charge is 0.0601 e. The van der Waals surface area contributed by atoms with Gasteiger partial charge < -0.3 is 0 Å². The molecule has 0 amide bonds. The van der Waals surface area contributed by atoms with Crippen molar-refractivity contribution in [3.8, 4) is 0 Å². The molecule has 0 atom stereocenters. The molecule has 1 rings (SSSR count). The van der Waals surface area contributed by atoms with Gasteiger partial charge in [0.1, 0.15) is 0 Å². The fourth-order valence-corrected chi connectivity index (χ4v) is 2.99. The molecule has 0 heteroatoms. The van der Waals surface area contributed by atoms with Crippen molar-refractivity contribution in [1.82, 2.24) is 0 Å². The molecule has 0 radical (unpaired) electrons. The van der Waals surface area contributed by atoms with Crippen LogP contribution in [0, 0.1) is 19.3 Å². The lowest BCUT2D eigenvalue weighted by molar-refractivity contribution is 0.283. The van der Waals surface area contributed by atoms with Gasteiger partial charge in [-0.1, -0.05) is 58.4 Å². The zero-order valence-electron chi connectivity index (χ0n) is 11.9. The summed E-state index contributed by atoms with van der Waals surface area (Å²) in [5, 5.41) is 0. The molecule has 0 heterocycles. The summed E-state index contributed by atoms with van der Waals surface area (Å²) in [6.45, 7) is 16.1. The first-order valence-electron chi connectivity index (χ1n) is 6.20. The number of benzene rings is 1. The monoisotopic (exact) mass is 218 g/mol. The summed E-state index contributed by atoms with van der Waals surface area (Å²) in [7, 11) is 0. The first-order chi connectivity index (χ1) is 7.12. The van der Waals surface area contributed by atoms with E-state index in [1.54, 1.807) is 0 Å². The normalized spacial score (nSPS) is 12.9. The Labute approximate surface area is 101 Å². The Morgan fingerprint density at radius 3 is 1.94 bits per heavy atom. The SMILES string of the molecule is Cc1ccc(C(C)(C)CC(C)(C)C)c(C)c1. The molecule has 0 saturated carbocycles. The van der Waals surface area contributed by atoms with E-state index < -0.39 is 0 Å². The fraction of sp³-hybridized carbons (Fsp3) is 0.625. The second-order valence-corrected chi connectivity index (χ2v) is 6.94. The van der Waals surface area contributed by atoms with Gasteiger partial charge in [0.2, 0.25) is 0 Å². The fourth-order valence-electron chi connectivity index (χ4n) is 2.99. The van der Waals surface area contributed by atoms with Crippen LogP contribution in [0.25, 0.3) is 0 Å². The van der Waals surface area contributed by atoms with Gasteiger partial charge >= 0.3 is 0 Å². The molecule has 0 saturated heterocycles. The number of hydrogen-bond donors (Lipinski definition) is 0. The maximum atomic E-state index is 2.36. The van der Waals surface area contributed by atoms with Gasteiger partial charge in [0, 0.05) is 0 Å². The van der Waals surface area contributed by atoms with E-state index >= 15 is 0 Å². The second-order valence-electron chi connectivity index (χ2n) is 6.94. The first kappa shape index (κ1) is 13.3. The molecule has 90 valence electrons. The third kappa shape index (κ3) is 3.37. The minimum atomic E-state index is 0.260. The summed E-state index contributed by atoms with van der Waals surface area (Å²) in [4.78, 5) is 0. The molecule has 1 aromatic rings. The Morgan fingerprint density at radius 1 is 0.938 bits per heavy atom. The van der Waals surface area contributed by atoms with E-state index in [-0.39, 0.29) is 5.41 Å². The van der Waals surface area contributed by atoms with Crippen LogP contribution in [0.2, 0.25) is 0 Å². The summed E-state index contributed by atoms with van der Waals surface area (Å²) >= 11 is 0. The van der Waals surface area contributed by atoms with E-state index in [4.69, 9.17) is 0 Å². The van der Waals surface area contributed by atoms with Crippen molar-refractivity contribution in [3.05, 3.63) is 34.9 Å². The zero-order chi connectivity index (χ0) is 12.6. The van der Waals surface area contributed by atoms with Gasteiger partial charge in [-0.05, 0) is 42.2 Å². The summed E-state index contributed by atoms with van der Waals surface area (Å²) < 4.78 is 0. The average Bonchev–Trinajstić information content (AvgIpc) is 1.97. The predicted molar refractivity (Wildman–Crippen MR) is 73.0 cm³/mol. The van der Waals surface area contributed by atoms with Gasteiger partial charge in [0.15, 0.2) is 0 Å². The van der Waals surface area contributed by atoms with Crippen molar-refractivity contribution in [1.29, 1.82) is 0 Å². The molecule has 0 aliphatic carbocycles. The number of aryl methyl sites for hydroxylation is 2. The van der Waals surface area contributed by atoms with Crippen molar-refractivity contribution in [2.24, 2.45) is 5.41 Å². The minimum Gasteiger partial charge on any atom is -0.0601 e. The molecule has 0 aliphatic heterocycles. The van der Waals surface area contributed by atoms with Crippen LogP contribution in [0.1, 0.15) is 57.7 Å².